The van der Waals surface area contributed by atoms with Crippen molar-refractivity contribution in [3.8, 4) is 0 Å². The Bertz CT molecular complexity index is 922. The van der Waals surface area contributed by atoms with Gasteiger partial charge in [-0.15, -0.1) is 0 Å². The van der Waals surface area contributed by atoms with E-state index in [4.69, 9.17) is 26.6 Å². The van der Waals surface area contributed by atoms with Crippen LogP contribution >= 0.6 is 11.6 Å². The van der Waals surface area contributed by atoms with E-state index in [-0.39, 0.29) is 11.8 Å². The van der Waals surface area contributed by atoms with Gasteiger partial charge in [0, 0.05) is 16.3 Å². The maximum Gasteiger partial charge on any atom is 0.503 e. The highest BCUT2D eigenvalue weighted by atomic mass is 35.5. The first-order valence-electron chi connectivity index (χ1n) is 10.6. The smallest absolute Gasteiger partial charge is 0.450 e. The van der Waals surface area contributed by atoms with Gasteiger partial charge < -0.3 is 15.5 Å². The second kappa shape index (κ2) is 10.6. The number of amides is 1. The summed E-state index contributed by atoms with van der Waals surface area (Å²) in [6.07, 6.45) is 5.96. The van der Waals surface area contributed by atoms with Crippen molar-refractivity contribution in [2.24, 2.45) is 11.8 Å². The maximum atomic E-state index is 14.6. The van der Waals surface area contributed by atoms with Gasteiger partial charge in [-0.25, -0.2) is 9.18 Å². The molecule has 0 aliphatic heterocycles. The lowest BCUT2D eigenvalue weighted by Gasteiger charge is -2.24. The van der Waals surface area contributed by atoms with Crippen molar-refractivity contribution >= 4 is 29.4 Å². The first-order valence-corrected chi connectivity index (χ1v) is 11.0. The minimum absolute atomic E-state index is 0.119. The highest BCUT2D eigenvalue weighted by molar-refractivity contribution is 6.30. The van der Waals surface area contributed by atoms with E-state index in [1.165, 1.54) is 24.5 Å². The molecule has 0 bridgehead atoms. The van der Waals surface area contributed by atoms with E-state index in [9.17, 15) is 9.18 Å². The van der Waals surface area contributed by atoms with Crippen molar-refractivity contribution in [2.45, 2.75) is 50.9 Å². The molecule has 5 nitrogen and oxygen atoms in total. The Morgan fingerprint density at radius 2 is 1.74 bits per heavy atom. The summed E-state index contributed by atoms with van der Waals surface area (Å²) in [5, 5.41) is 17.4. The molecule has 3 N–H and O–H groups in total. The summed E-state index contributed by atoms with van der Waals surface area (Å²) in [5.41, 5.74) is 2.51. The normalized spacial score (nSPS) is 16.8. The molecule has 0 aromatic heterocycles. The van der Waals surface area contributed by atoms with E-state index in [0.29, 0.717) is 10.6 Å². The summed E-state index contributed by atoms with van der Waals surface area (Å²) in [4.78, 5) is 21.7. The van der Waals surface area contributed by atoms with Crippen molar-refractivity contribution in [3.63, 3.8) is 0 Å². The summed E-state index contributed by atoms with van der Waals surface area (Å²) in [5.74, 6) is -0.0127. The molecule has 0 heterocycles. The molecule has 2 fully saturated rings. The van der Waals surface area contributed by atoms with Gasteiger partial charge in [-0.3, -0.25) is 4.79 Å². The van der Waals surface area contributed by atoms with E-state index in [1.807, 2.05) is 12.1 Å². The summed E-state index contributed by atoms with van der Waals surface area (Å²) in [6.45, 7) is 0. The van der Waals surface area contributed by atoms with Gasteiger partial charge in [0.15, 0.2) is 0 Å². The van der Waals surface area contributed by atoms with Crippen molar-refractivity contribution in [2.75, 3.05) is 5.32 Å². The van der Waals surface area contributed by atoms with Crippen LogP contribution in [0.5, 0.6) is 0 Å². The molecule has 31 heavy (non-hydrogen) atoms. The highest BCUT2D eigenvalue weighted by Gasteiger charge is 2.34. The van der Waals surface area contributed by atoms with Gasteiger partial charge in [0.2, 0.25) is 5.91 Å². The van der Waals surface area contributed by atoms with Crippen LogP contribution in [0.2, 0.25) is 5.02 Å². The number of rotatable bonds is 6. The van der Waals surface area contributed by atoms with Crippen LogP contribution in [0.3, 0.4) is 0 Å². The van der Waals surface area contributed by atoms with E-state index >= 15 is 0 Å². The molecule has 2 aromatic rings. The Balaban J connectivity index is 0.000000628. The number of halogens is 2. The Morgan fingerprint density at radius 3 is 2.35 bits per heavy atom. The first kappa shape index (κ1) is 23.1. The van der Waals surface area contributed by atoms with Crippen LogP contribution in [0, 0.1) is 17.7 Å². The molecular formula is C24H27ClFNO4. The Hall–Kier alpha value is -2.60. The molecule has 1 amide bonds. The van der Waals surface area contributed by atoms with Crippen LogP contribution in [0.15, 0.2) is 42.5 Å². The van der Waals surface area contributed by atoms with Gasteiger partial charge in [-0.05, 0) is 73.8 Å². The average Bonchev–Trinajstić information content (AvgIpc) is 3.34. The van der Waals surface area contributed by atoms with Gasteiger partial charge in [0.25, 0.3) is 0 Å². The lowest BCUT2D eigenvalue weighted by Crippen LogP contribution is -2.27. The molecule has 2 aliphatic rings. The lowest BCUT2D eigenvalue weighted by atomic mass is 9.83. The molecule has 2 aromatic carbocycles. The zero-order chi connectivity index (χ0) is 22.4. The van der Waals surface area contributed by atoms with Gasteiger partial charge in [0.05, 0.1) is 5.92 Å². The third-order valence-corrected chi connectivity index (χ3v) is 6.10. The number of carbonyl (C=O) groups excluding carboxylic acids is 1. The monoisotopic (exact) mass is 447 g/mol. The van der Waals surface area contributed by atoms with E-state index in [0.717, 1.165) is 43.7 Å². The fraction of sp³-hybridized carbons (Fsp3) is 0.417. The molecule has 0 spiro atoms. The molecule has 2 saturated carbocycles. The maximum absolute atomic E-state index is 14.6. The van der Waals surface area contributed by atoms with Gasteiger partial charge in [-0.2, -0.15) is 0 Å². The third kappa shape index (κ3) is 6.96. The molecule has 0 saturated heterocycles. The van der Waals surface area contributed by atoms with Crippen LogP contribution in [0.4, 0.5) is 14.9 Å². The van der Waals surface area contributed by atoms with Crippen molar-refractivity contribution in [1.29, 1.82) is 0 Å². The Kier molecular flexibility index (Phi) is 7.91. The van der Waals surface area contributed by atoms with E-state index < -0.39 is 17.9 Å². The number of hydrogen-bond acceptors (Lipinski definition) is 2. The molecule has 166 valence electrons. The molecule has 1 atom stereocenters. The molecule has 0 radical (unpaired) electrons. The summed E-state index contributed by atoms with van der Waals surface area (Å²) >= 11 is 5.91. The molecule has 0 unspecified atom stereocenters. The van der Waals surface area contributed by atoms with Crippen LogP contribution < -0.4 is 5.32 Å². The number of benzene rings is 2. The topological polar surface area (TPSA) is 86.6 Å². The van der Waals surface area contributed by atoms with Gasteiger partial charge in [-0.1, -0.05) is 42.6 Å². The summed E-state index contributed by atoms with van der Waals surface area (Å²) in [6, 6.07) is 12.7. The number of carboxylic acid groups (broad SMARTS) is 2. The minimum atomic E-state index is -1.83. The second-order valence-electron chi connectivity index (χ2n) is 8.31. The Morgan fingerprint density at radius 1 is 1.06 bits per heavy atom. The third-order valence-electron chi connectivity index (χ3n) is 5.87. The highest BCUT2D eigenvalue weighted by Crippen LogP contribution is 2.39. The predicted octanol–water partition coefficient (Wildman–Crippen LogP) is 6.57. The fourth-order valence-electron chi connectivity index (χ4n) is 4.31. The van der Waals surface area contributed by atoms with Crippen molar-refractivity contribution < 1.29 is 24.2 Å². The quantitative estimate of drug-likeness (QED) is 0.467. The largest absolute Gasteiger partial charge is 0.503 e. The Labute approximate surface area is 186 Å². The summed E-state index contributed by atoms with van der Waals surface area (Å²) in [7, 11) is 0. The number of nitrogens with one attached hydrogen (secondary N) is 1. The minimum Gasteiger partial charge on any atom is -0.450 e. The van der Waals surface area contributed by atoms with Crippen LogP contribution in [0.25, 0.3) is 0 Å². The van der Waals surface area contributed by atoms with E-state index in [2.05, 4.69) is 17.4 Å². The molecule has 2 aliphatic carbocycles. The first-order chi connectivity index (χ1) is 14.8. The van der Waals surface area contributed by atoms with E-state index in [1.54, 1.807) is 12.1 Å². The predicted molar refractivity (Wildman–Crippen MR) is 118 cm³/mol. The molecular weight excluding hydrogens is 421 g/mol. The number of hydrogen-bond donors (Lipinski definition) is 3. The SMILES string of the molecule is O=C(Nc1cccc(CC2CC2)c1)[C@@H](c1ccc(Cl)cc1F)C1CCCC1.O=C(O)O. The van der Waals surface area contributed by atoms with Crippen molar-refractivity contribution in [1.82, 2.24) is 0 Å². The standard InChI is InChI=1S/C23H25ClFNO.CH2O3/c24-18-10-11-20(21(25)14-18)22(17-5-1-2-6-17)23(27)26-19-7-3-4-16(13-19)12-15-8-9-15;2-1(3)4/h3-4,7,10-11,13-15,17,22H,1-2,5-6,8-9,12H2,(H,26,27);(H2,2,3,4)/t22-;/m1./s1. The lowest BCUT2D eigenvalue weighted by molar-refractivity contribution is -0.118. The number of anilines is 1. The van der Waals surface area contributed by atoms with Crippen LogP contribution in [-0.4, -0.2) is 22.3 Å². The summed E-state index contributed by atoms with van der Waals surface area (Å²) < 4.78 is 14.6. The van der Waals surface area contributed by atoms with Gasteiger partial charge in [0.1, 0.15) is 5.82 Å². The second-order valence-corrected chi connectivity index (χ2v) is 8.74. The molecule has 4 rings (SSSR count). The molecule has 7 heteroatoms. The zero-order valence-electron chi connectivity index (χ0n) is 17.2. The van der Waals surface area contributed by atoms with Gasteiger partial charge >= 0.3 is 6.16 Å². The fourth-order valence-corrected chi connectivity index (χ4v) is 4.46. The van der Waals surface area contributed by atoms with Crippen LogP contribution in [-0.2, 0) is 11.2 Å². The van der Waals surface area contributed by atoms with Crippen molar-refractivity contribution in [3.05, 3.63) is 64.4 Å². The zero-order valence-corrected chi connectivity index (χ0v) is 17.9. The number of carbonyl (C=O) groups is 2. The average molecular weight is 448 g/mol. The van der Waals surface area contributed by atoms with Crippen LogP contribution in [0.1, 0.15) is 55.6 Å².